The second-order valence-electron chi connectivity index (χ2n) is 4.20. The van der Waals surface area contributed by atoms with Crippen LogP contribution in [0.2, 0.25) is 5.02 Å². The summed E-state index contributed by atoms with van der Waals surface area (Å²) in [6, 6.07) is 16.8. The Balaban J connectivity index is 2.26. The Morgan fingerprint density at radius 1 is 1.17 bits per heavy atom. The molecule has 3 heteroatoms. The second kappa shape index (κ2) is 6.55. The highest BCUT2D eigenvalue weighted by Gasteiger charge is 2.13. The largest absolute Gasteiger partial charge is 0.313 e. The van der Waals surface area contributed by atoms with Crippen LogP contribution < -0.4 is 5.32 Å². The van der Waals surface area contributed by atoms with Crippen LogP contribution >= 0.6 is 34.2 Å². The summed E-state index contributed by atoms with van der Waals surface area (Å²) in [5.41, 5.74) is 2.59. The van der Waals surface area contributed by atoms with Crippen LogP contribution in [0.3, 0.4) is 0 Å². The number of nitrogens with one attached hydrogen (secondary N) is 1. The van der Waals surface area contributed by atoms with Gasteiger partial charge >= 0.3 is 0 Å². The molecule has 2 aromatic carbocycles. The summed E-state index contributed by atoms with van der Waals surface area (Å²) in [6.45, 7) is 0. The molecule has 1 N–H and O–H groups in total. The fraction of sp³-hybridized carbons (Fsp3) is 0.200. The molecule has 0 spiro atoms. The Bertz CT molecular complexity index is 513. The first kappa shape index (κ1) is 13.8. The van der Waals surface area contributed by atoms with Gasteiger partial charge in [-0.05, 0) is 65.4 Å². The smallest absolute Gasteiger partial charge is 0.0410 e. The van der Waals surface area contributed by atoms with E-state index >= 15 is 0 Å². The van der Waals surface area contributed by atoms with Gasteiger partial charge in [0.15, 0.2) is 0 Å². The van der Waals surface area contributed by atoms with Crippen LogP contribution in [0.1, 0.15) is 17.2 Å². The summed E-state index contributed by atoms with van der Waals surface area (Å²) in [5.74, 6) is 0. The molecule has 0 radical (unpaired) electrons. The van der Waals surface area contributed by atoms with Crippen molar-refractivity contribution in [3.05, 3.63) is 68.3 Å². The fourth-order valence-corrected chi connectivity index (χ4v) is 2.89. The van der Waals surface area contributed by atoms with Crippen molar-refractivity contribution in [3.63, 3.8) is 0 Å². The van der Waals surface area contributed by atoms with Gasteiger partial charge in [0.05, 0.1) is 0 Å². The monoisotopic (exact) mass is 371 g/mol. The van der Waals surface area contributed by atoms with Crippen molar-refractivity contribution in [2.75, 3.05) is 7.05 Å². The summed E-state index contributed by atoms with van der Waals surface area (Å²) in [7, 11) is 1.99. The van der Waals surface area contributed by atoms with E-state index in [4.69, 9.17) is 11.6 Å². The summed E-state index contributed by atoms with van der Waals surface area (Å²) < 4.78 is 1.24. The number of likely N-dealkylation sites (N-methyl/N-ethyl adjacent to an activating group) is 1. The van der Waals surface area contributed by atoms with Gasteiger partial charge in [-0.15, -0.1) is 0 Å². The van der Waals surface area contributed by atoms with Crippen LogP contribution in [-0.2, 0) is 6.42 Å². The van der Waals surface area contributed by atoms with E-state index in [9.17, 15) is 0 Å². The van der Waals surface area contributed by atoms with Gasteiger partial charge in [0.25, 0.3) is 0 Å². The Morgan fingerprint density at radius 2 is 1.89 bits per heavy atom. The maximum Gasteiger partial charge on any atom is 0.0410 e. The van der Waals surface area contributed by atoms with Crippen molar-refractivity contribution in [2.45, 2.75) is 12.5 Å². The van der Waals surface area contributed by atoms with E-state index in [1.54, 1.807) is 0 Å². The molecule has 0 aromatic heterocycles. The minimum Gasteiger partial charge on any atom is -0.313 e. The lowest BCUT2D eigenvalue weighted by atomic mass is 9.99. The molecule has 0 amide bonds. The van der Waals surface area contributed by atoms with E-state index < -0.39 is 0 Å². The van der Waals surface area contributed by atoms with E-state index in [0.29, 0.717) is 0 Å². The van der Waals surface area contributed by atoms with Crippen molar-refractivity contribution in [2.24, 2.45) is 0 Å². The number of hydrogen-bond acceptors (Lipinski definition) is 1. The third kappa shape index (κ3) is 3.46. The fourth-order valence-electron chi connectivity index (χ4n) is 2.00. The lowest BCUT2D eigenvalue weighted by Crippen LogP contribution is -2.19. The van der Waals surface area contributed by atoms with Gasteiger partial charge < -0.3 is 5.32 Å². The first-order chi connectivity index (χ1) is 8.70. The molecular formula is C15H15ClIN. The molecule has 0 saturated heterocycles. The average molecular weight is 372 g/mol. The first-order valence-corrected chi connectivity index (χ1v) is 7.32. The zero-order valence-corrected chi connectivity index (χ0v) is 13.1. The van der Waals surface area contributed by atoms with Gasteiger partial charge in [0.2, 0.25) is 0 Å². The van der Waals surface area contributed by atoms with Gasteiger partial charge in [-0.2, -0.15) is 0 Å². The summed E-state index contributed by atoms with van der Waals surface area (Å²) in [6.07, 6.45) is 0.966. The Hall–Kier alpha value is -0.580. The molecule has 0 aliphatic carbocycles. The van der Waals surface area contributed by atoms with Crippen molar-refractivity contribution in [3.8, 4) is 0 Å². The van der Waals surface area contributed by atoms with E-state index in [0.717, 1.165) is 11.4 Å². The lowest BCUT2D eigenvalue weighted by molar-refractivity contribution is 0.589. The van der Waals surface area contributed by atoms with Crippen LogP contribution in [0, 0.1) is 3.57 Å². The molecule has 0 aliphatic heterocycles. The van der Waals surface area contributed by atoms with Crippen molar-refractivity contribution < 1.29 is 0 Å². The van der Waals surface area contributed by atoms with E-state index in [1.807, 2.05) is 25.2 Å². The van der Waals surface area contributed by atoms with Gasteiger partial charge in [-0.1, -0.05) is 41.9 Å². The van der Waals surface area contributed by atoms with Gasteiger partial charge in [-0.25, -0.2) is 0 Å². The quantitative estimate of drug-likeness (QED) is 0.783. The van der Waals surface area contributed by atoms with Crippen molar-refractivity contribution >= 4 is 34.2 Å². The van der Waals surface area contributed by atoms with Crippen LogP contribution in [-0.4, -0.2) is 7.05 Å². The van der Waals surface area contributed by atoms with Gasteiger partial charge in [-0.3, -0.25) is 0 Å². The molecule has 1 unspecified atom stereocenters. The molecule has 18 heavy (non-hydrogen) atoms. The van der Waals surface area contributed by atoms with Crippen LogP contribution in [0.15, 0.2) is 48.5 Å². The first-order valence-electron chi connectivity index (χ1n) is 5.87. The molecule has 2 rings (SSSR count). The normalized spacial score (nSPS) is 12.4. The molecule has 0 fully saturated rings. The molecule has 2 aromatic rings. The third-order valence-corrected chi connectivity index (χ3v) is 4.18. The molecule has 94 valence electrons. The highest BCUT2D eigenvalue weighted by atomic mass is 127. The van der Waals surface area contributed by atoms with Crippen molar-refractivity contribution in [1.29, 1.82) is 0 Å². The van der Waals surface area contributed by atoms with Gasteiger partial charge in [0, 0.05) is 14.6 Å². The zero-order chi connectivity index (χ0) is 13.0. The second-order valence-corrected chi connectivity index (χ2v) is 5.80. The standard InChI is InChI=1S/C15H15ClIN/c1-18-15(9-11-5-3-2-4-6-11)13-10-12(16)7-8-14(13)17/h2-8,10,15,18H,9H2,1H3. The van der Waals surface area contributed by atoms with E-state index in [1.165, 1.54) is 14.7 Å². The molecule has 1 atom stereocenters. The summed E-state index contributed by atoms with van der Waals surface area (Å²) in [5, 5.41) is 4.16. The van der Waals surface area contributed by atoms with E-state index in [-0.39, 0.29) is 6.04 Å². The summed E-state index contributed by atoms with van der Waals surface area (Å²) >= 11 is 8.45. The zero-order valence-electron chi connectivity index (χ0n) is 10.2. The minimum absolute atomic E-state index is 0.290. The molecule has 0 saturated carbocycles. The predicted molar refractivity (Wildman–Crippen MR) is 86.1 cm³/mol. The number of halogens is 2. The Labute approximate surface area is 127 Å². The highest BCUT2D eigenvalue weighted by Crippen LogP contribution is 2.26. The third-order valence-electron chi connectivity index (χ3n) is 2.96. The number of rotatable bonds is 4. The average Bonchev–Trinajstić information content (AvgIpc) is 2.40. The molecule has 0 heterocycles. The summed E-state index contributed by atoms with van der Waals surface area (Å²) in [4.78, 5) is 0. The van der Waals surface area contributed by atoms with Crippen LogP contribution in [0.4, 0.5) is 0 Å². The molecule has 0 aliphatic rings. The van der Waals surface area contributed by atoms with Crippen LogP contribution in [0.25, 0.3) is 0 Å². The minimum atomic E-state index is 0.290. The Morgan fingerprint density at radius 3 is 2.56 bits per heavy atom. The predicted octanol–water partition coefficient (Wildman–Crippen LogP) is 4.45. The van der Waals surface area contributed by atoms with E-state index in [2.05, 4.69) is 58.2 Å². The maximum atomic E-state index is 6.09. The SMILES string of the molecule is CNC(Cc1ccccc1)c1cc(Cl)ccc1I. The van der Waals surface area contributed by atoms with Crippen LogP contribution in [0.5, 0.6) is 0 Å². The molecule has 1 nitrogen and oxygen atoms in total. The Kier molecular flexibility index (Phi) is 5.03. The highest BCUT2D eigenvalue weighted by molar-refractivity contribution is 14.1. The number of hydrogen-bond donors (Lipinski definition) is 1. The van der Waals surface area contributed by atoms with Crippen molar-refractivity contribution in [1.82, 2.24) is 5.32 Å². The number of benzene rings is 2. The topological polar surface area (TPSA) is 12.0 Å². The maximum absolute atomic E-state index is 6.09. The molecular weight excluding hydrogens is 357 g/mol. The lowest BCUT2D eigenvalue weighted by Gasteiger charge is -2.18. The molecule has 0 bridgehead atoms. The van der Waals surface area contributed by atoms with Gasteiger partial charge in [0.1, 0.15) is 0 Å².